The number of hydrogen-bond donors (Lipinski definition) is 0. The fourth-order valence-corrected chi connectivity index (χ4v) is 5.48. The average Bonchev–Trinajstić information content (AvgIpc) is 2.68. The van der Waals surface area contributed by atoms with Crippen molar-refractivity contribution in [1.29, 1.82) is 0 Å². The Kier molecular flexibility index (Phi) is 5.42. The highest BCUT2D eigenvalue weighted by Crippen LogP contribution is 2.38. The first-order chi connectivity index (χ1) is 12.8. The number of anilines is 1. The zero-order valence-corrected chi connectivity index (χ0v) is 16.7. The molecule has 0 unspecified atom stereocenters. The summed E-state index contributed by atoms with van der Waals surface area (Å²) in [5.74, 6) is 0.0258. The summed E-state index contributed by atoms with van der Waals surface area (Å²) in [6.45, 7) is 5.01. The Morgan fingerprint density at radius 3 is 2.44 bits per heavy atom. The van der Waals surface area contributed by atoms with Gasteiger partial charge < -0.3 is 9.64 Å². The Balaban J connectivity index is 1.73. The first kappa shape index (κ1) is 19.6. The molecular weight excluding hydrogens is 367 g/mol. The molecule has 1 aromatic carbocycles. The van der Waals surface area contributed by atoms with Gasteiger partial charge in [-0.25, -0.2) is 17.8 Å². The van der Waals surface area contributed by atoms with E-state index < -0.39 is 20.4 Å². The molecule has 0 spiro atoms. The summed E-state index contributed by atoms with van der Waals surface area (Å²) >= 11 is 0. The molecule has 1 saturated heterocycles. The van der Waals surface area contributed by atoms with Crippen LogP contribution in [0.4, 0.5) is 10.1 Å². The predicted octanol–water partition coefficient (Wildman–Crippen LogP) is 3.70. The van der Waals surface area contributed by atoms with Crippen LogP contribution in [-0.4, -0.2) is 38.3 Å². The zero-order chi connectivity index (χ0) is 19.7. The summed E-state index contributed by atoms with van der Waals surface area (Å²) in [4.78, 5) is 6.48. The topological polar surface area (TPSA) is 59.5 Å². The number of sulfone groups is 1. The summed E-state index contributed by atoms with van der Waals surface area (Å²) in [5, 5.41) is 0. The lowest BCUT2D eigenvalue weighted by Crippen LogP contribution is -2.46. The minimum atomic E-state index is -3.64. The van der Waals surface area contributed by atoms with E-state index in [-0.39, 0.29) is 10.8 Å². The number of halogens is 1. The Bertz CT molecular complexity index is 890. The van der Waals surface area contributed by atoms with Crippen LogP contribution >= 0.6 is 0 Å². The first-order valence-corrected chi connectivity index (χ1v) is 10.5. The van der Waals surface area contributed by atoms with Crippen molar-refractivity contribution < 1.29 is 17.5 Å². The molecule has 2 heterocycles. The van der Waals surface area contributed by atoms with E-state index in [0.717, 1.165) is 37.7 Å². The lowest BCUT2D eigenvalue weighted by atomic mass is 9.85. The summed E-state index contributed by atoms with van der Waals surface area (Å²) in [6.07, 6.45) is 3.26. The fraction of sp³-hybridized carbons (Fsp3) is 0.450. The summed E-state index contributed by atoms with van der Waals surface area (Å²) in [5.41, 5.74) is 1.00. The largest absolute Gasteiger partial charge is 0.481 e. The van der Waals surface area contributed by atoms with Crippen molar-refractivity contribution in [1.82, 2.24) is 4.98 Å². The van der Waals surface area contributed by atoms with Crippen LogP contribution in [0.1, 0.15) is 26.7 Å². The van der Waals surface area contributed by atoms with E-state index in [1.165, 1.54) is 18.2 Å². The van der Waals surface area contributed by atoms with Gasteiger partial charge in [0.1, 0.15) is 5.82 Å². The molecule has 0 saturated carbocycles. The molecule has 1 aliphatic heterocycles. The van der Waals surface area contributed by atoms with Gasteiger partial charge in [-0.05, 0) is 56.9 Å². The molecule has 0 N–H and O–H groups in total. The van der Waals surface area contributed by atoms with Crippen LogP contribution in [-0.2, 0) is 9.84 Å². The highest BCUT2D eigenvalue weighted by molar-refractivity contribution is 7.92. The van der Waals surface area contributed by atoms with Crippen LogP contribution in [0.2, 0.25) is 0 Å². The Labute approximate surface area is 160 Å². The molecule has 0 atom stereocenters. The molecule has 146 valence electrons. The van der Waals surface area contributed by atoms with Gasteiger partial charge in [-0.15, -0.1) is 0 Å². The normalized spacial score (nSPS) is 16.4. The van der Waals surface area contributed by atoms with E-state index in [9.17, 15) is 12.8 Å². The minimum Gasteiger partial charge on any atom is -0.481 e. The number of ether oxygens (including phenoxy) is 1. The summed E-state index contributed by atoms with van der Waals surface area (Å²) in [6, 6.07) is 9.05. The van der Waals surface area contributed by atoms with Gasteiger partial charge in [0.05, 0.1) is 28.6 Å². The molecule has 1 fully saturated rings. The second kappa shape index (κ2) is 7.46. The quantitative estimate of drug-likeness (QED) is 0.777. The minimum absolute atomic E-state index is 0.00627. The molecule has 5 nitrogen and oxygen atoms in total. The number of methoxy groups -OCH3 is 1. The van der Waals surface area contributed by atoms with Crippen molar-refractivity contribution >= 4 is 15.5 Å². The molecule has 27 heavy (non-hydrogen) atoms. The van der Waals surface area contributed by atoms with Crippen LogP contribution in [0.25, 0.3) is 0 Å². The van der Waals surface area contributed by atoms with Crippen LogP contribution in [0.3, 0.4) is 0 Å². The standard InChI is InChI=1S/C20H25FN2O3S/c1-20(2,27(24,25)18-6-4-5-16(21)13-18)15-9-11-23(12-10-15)17-7-8-19(26-3)22-14-17/h4-8,13-15H,9-12H2,1-3H3. The Morgan fingerprint density at radius 1 is 1.19 bits per heavy atom. The highest BCUT2D eigenvalue weighted by atomic mass is 32.2. The van der Waals surface area contributed by atoms with Crippen molar-refractivity contribution in [3.05, 3.63) is 48.4 Å². The molecule has 3 rings (SSSR count). The second-order valence-corrected chi connectivity index (χ2v) is 9.91. The van der Waals surface area contributed by atoms with E-state index in [1.54, 1.807) is 27.2 Å². The number of aromatic nitrogens is 1. The molecular formula is C20H25FN2O3S. The second-order valence-electron chi connectivity index (χ2n) is 7.38. The van der Waals surface area contributed by atoms with Crippen LogP contribution < -0.4 is 9.64 Å². The SMILES string of the molecule is COc1ccc(N2CCC(C(C)(C)S(=O)(=O)c3cccc(F)c3)CC2)cn1. The smallest absolute Gasteiger partial charge is 0.213 e. The molecule has 1 aliphatic rings. The van der Waals surface area contributed by atoms with Gasteiger partial charge in [-0.1, -0.05) is 6.07 Å². The lowest BCUT2D eigenvalue weighted by Gasteiger charge is -2.40. The number of benzene rings is 1. The van der Waals surface area contributed by atoms with Gasteiger partial charge in [0.25, 0.3) is 0 Å². The van der Waals surface area contributed by atoms with Gasteiger partial charge in [-0.3, -0.25) is 0 Å². The van der Waals surface area contributed by atoms with E-state index >= 15 is 0 Å². The molecule has 0 radical (unpaired) electrons. The maximum Gasteiger partial charge on any atom is 0.213 e. The zero-order valence-electron chi connectivity index (χ0n) is 15.9. The monoisotopic (exact) mass is 392 g/mol. The average molecular weight is 392 g/mol. The molecule has 2 aromatic rings. The lowest BCUT2D eigenvalue weighted by molar-refractivity contribution is 0.324. The number of nitrogens with zero attached hydrogens (tertiary/aromatic N) is 2. The molecule has 0 amide bonds. The van der Waals surface area contributed by atoms with Crippen molar-refractivity contribution in [2.45, 2.75) is 36.3 Å². The van der Waals surface area contributed by atoms with E-state index in [4.69, 9.17) is 4.74 Å². The summed E-state index contributed by atoms with van der Waals surface area (Å²) < 4.78 is 43.9. The van der Waals surface area contributed by atoms with Gasteiger partial charge in [-0.2, -0.15) is 0 Å². The van der Waals surface area contributed by atoms with Crippen molar-refractivity contribution in [2.24, 2.45) is 5.92 Å². The van der Waals surface area contributed by atoms with E-state index in [0.29, 0.717) is 5.88 Å². The molecule has 7 heteroatoms. The van der Waals surface area contributed by atoms with Crippen LogP contribution in [0.15, 0.2) is 47.5 Å². The van der Waals surface area contributed by atoms with Crippen molar-refractivity contribution in [3.8, 4) is 5.88 Å². The first-order valence-electron chi connectivity index (χ1n) is 9.01. The van der Waals surface area contributed by atoms with E-state index in [2.05, 4.69) is 9.88 Å². The molecule has 1 aromatic heterocycles. The van der Waals surface area contributed by atoms with Crippen LogP contribution in [0, 0.1) is 11.7 Å². The van der Waals surface area contributed by atoms with Crippen LogP contribution in [0.5, 0.6) is 5.88 Å². The van der Waals surface area contributed by atoms with Crippen molar-refractivity contribution in [3.63, 3.8) is 0 Å². The maximum absolute atomic E-state index is 13.5. The Hall–Kier alpha value is -2.15. The van der Waals surface area contributed by atoms with Gasteiger partial charge in [0.15, 0.2) is 9.84 Å². The highest BCUT2D eigenvalue weighted by Gasteiger charge is 2.43. The van der Waals surface area contributed by atoms with Gasteiger partial charge in [0.2, 0.25) is 5.88 Å². The number of pyridine rings is 1. The van der Waals surface area contributed by atoms with Gasteiger partial charge in [0, 0.05) is 19.2 Å². The fourth-order valence-electron chi connectivity index (χ4n) is 3.67. The number of hydrogen-bond acceptors (Lipinski definition) is 5. The molecule has 0 aliphatic carbocycles. The van der Waals surface area contributed by atoms with E-state index in [1.807, 2.05) is 12.1 Å². The third-order valence-corrected chi connectivity index (χ3v) is 8.17. The maximum atomic E-state index is 13.5. The third-order valence-electron chi connectivity index (χ3n) is 5.57. The summed E-state index contributed by atoms with van der Waals surface area (Å²) in [7, 11) is -2.06. The molecule has 0 bridgehead atoms. The van der Waals surface area contributed by atoms with Crippen molar-refractivity contribution in [2.75, 3.05) is 25.1 Å². The predicted molar refractivity (Wildman–Crippen MR) is 103 cm³/mol. The third kappa shape index (κ3) is 3.78. The van der Waals surface area contributed by atoms with Gasteiger partial charge >= 0.3 is 0 Å². The Morgan fingerprint density at radius 2 is 1.89 bits per heavy atom. The number of piperidine rings is 1. The number of rotatable bonds is 5.